The van der Waals surface area contributed by atoms with Gasteiger partial charge in [-0.3, -0.25) is 0 Å². The summed E-state index contributed by atoms with van der Waals surface area (Å²) in [5.41, 5.74) is 8.09. The van der Waals surface area contributed by atoms with Crippen molar-refractivity contribution in [2.24, 2.45) is 4.99 Å². The molecule has 2 atom stereocenters. The molecule has 44 heavy (non-hydrogen) atoms. The number of benzene rings is 5. The first-order valence-corrected chi connectivity index (χ1v) is 16.0. The maximum atomic E-state index is 5.22. The Hall–Kier alpha value is -5.19. The van der Waals surface area contributed by atoms with Gasteiger partial charge in [-0.25, -0.2) is 0 Å². The van der Waals surface area contributed by atoms with Gasteiger partial charge in [0.15, 0.2) is 0 Å². The Labute approximate surface area is 260 Å². The van der Waals surface area contributed by atoms with E-state index in [1.54, 1.807) is 0 Å². The molecule has 1 aliphatic carbocycles. The Kier molecular flexibility index (Phi) is 5.88. The smallest absolute Gasteiger partial charge is 0.0725 e. The number of fused-ring (bicyclic) bond motifs is 6. The molecule has 3 heterocycles. The number of allylic oxidation sites excluding steroid dienone is 1. The van der Waals surface area contributed by atoms with Crippen LogP contribution in [0.1, 0.15) is 45.6 Å². The van der Waals surface area contributed by atoms with E-state index >= 15 is 0 Å². The first kappa shape index (κ1) is 25.3. The maximum absolute atomic E-state index is 5.22. The van der Waals surface area contributed by atoms with Crippen LogP contribution >= 0.6 is 11.3 Å². The zero-order chi connectivity index (χ0) is 29.0. The van der Waals surface area contributed by atoms with Gasteiger partial charge in [-0.15, -0.1) is 11.3 Å². The van der Waals surface area contributed by atoms with Crippen molar-refractivity contribution < 1.29 is 0 Å². The van der Waals surface area contributed by atoms with Crippen molar-refractivity contribution in [1.82, 2.24) is 4.57 Å². The summed E-state index contributed by atoms with van der Waals surface area (Å²) in [6, 6.07) is 45.5. The van der Waals surface area contributed by atoms with E-state index in [1.165, 1.54) is 42.3 Å². The highest BCUT2D eigenvalue weighted by Gasteiger charge is 2.26. The Morgan fingerprint density at radius 1 is 0.682 bits per heavy atom. The number of amidine groups is 1. The molecule has 210 valence electrons. The molecule has 4 heteroatoms. The topological polar surface area (TPSA) is 31.4 Å². The van der Waals surface area contributed by atoms with Gasteiger partial charge in [0.25, 0.3) is 0 Å². The lowest BCUT2D eigenvalue weighted by molar-refractivity contribution is 0.637. The molecule has 0 N–H and O–H groups in total. The Balaban J connectivity index is 1.23. The van der Waals surface area contributed by atoms with E-state index in [2.05, 4.69) is 144 Å². The van der Waals surface area contributed by atoms with E-state index < -0.39 is 0 Å². The molecule has 0 spiro atoms. The van der Waals surface area contributed by atoms with Crippen LogP contribution in [0.3, 0.4) is 0 Å². The van der Waals surface area contributed by atoms with Gasteiger partial charge >= 0.3 is 0 Å². The molecular weight excluding hydrogens is 555 g/mol. The number of thiophene rings is 1. The summed E-state index contributed by atoms with van der Waals surface area (Å²) in [7, 11) is 0. The number of aromatic nitrogens is 1. The maximum Gasteiger partial charge on any atom is 0.0725 e. The van der Waals surface area contributed by atoms with E-state index in [4.69, 9.17) is 10.3 Å². The van der Waals surface area contributed by atoms with Crippen molar-refractivity contribution in [2.45, 2.75) is 18.5 Å². The summed E-state index contributed by atoms with van der Waals surface area (Å²) in [6.07, 6.45) is 7.81. The second-order valence-corrected chi connectivity index (χ2v) is 12.6. The average molecular weight is 583 g/mol. The number of aliphatic imine (C=N–C) groups is 1. The number of hydrogen-bond donors (Lipinski definition) is 0. The number of rotatable bonds is 4. The summed E-state index contributed by atoms with van der Waals surface area (Å²) < 4.78 is 3.91. The normalized spacial score (nSPS) is 17.8. The fourth-order valence-corrected chi connectivity index (χ4v) is 8.15. The fourth-order valence-electron chi connectivity index (χ4n) is 6.85. The minimum atomic E-state index is -0.106. The van der Waals surface area contributed by atoms with Gasteiger partial charge in [0.05, 0.1) is 11.6 Å². The van der Waals surface area contributed by atoms with Gasteiger partial charge in [-0.2, -0.15) is 0 Å². The molecule has 1 aliphatic heterocycles. The van der Waals surface area contributed by atoms with E-state index in [-0.39, 0.29) is 12.1 Å². The summed E-state index contributed by atoms with van der Waals surface area (Å²) in [6.45, 7) is 0. The molecule has 0 fully saturated rings. The third-order valence-corrected chi connectivity index (χ3v) is 10.2. The third-order valence-electron chi connectivity index (χ3n) is 8.90. The molecule has 0 radical (unpaired) electrons. The van der Waals surface area contributed by atoms with Crippen molar-refractivity contribution >= 4 is 60.8 Å². The summed E-state index contributed by atoms with van der Waals surface area (Å²) in [4.78, 5) is 6.59. The first-order chi connectivity index (χ1) is 21.8. The van der Waals surface area contributed by atoms with E-state index in [0.29, 0.717) is 0 Å². The van der Waals surface area contributed by atoms with Gasteiger partial charge in [0, 0.05) is 37.3 Å². The van der Waals surface area contributed by atoms with Gasteiger partial charge in [0.1, 0.15) is 0 Å². The zero-order valence-electron chi connectivity index (χ0n) is 24.0. The molecule has 2 aromatic heterocycles. The van der Waals surface area contributed by atoms with Crippen molar-refractivity contribution in [3.8, 4) is 0 Å². The van der Waals surface area contributed by atoms with Crippen molar-refractivity contribution in [1.29, 1.82) is 0 Å². The minimum absolute atomic E-state index is 0.106. The lowest BCUT2D eigenvalue weighted by Crippen LogP contribution is -2.13. The van der Waals surface area contributed by atoms with E-state index in [9.17, 15) is 0 Å². The molecule has 3 nitrogen and oxygen atoms in total. The zero-order valence-corrected chi connectivity index (χ0v) is 24.8. The summed E-state index contributed by atoms with van der Waals surface area (Å²) in [5.74, 6) is 0.769. The average Bonchev–Trinajstić information content (AvgIpc) is 3.64. The van der Waals surface area contributed by atoms with Crippen molar-refractivity contribution in [3.63, 3.8) is 0 Å². The van der Waals surface area contributed by atoms with Gasteiger partial charge in [0.2, 0.25) is 0 Å². The lowest BCUT2D eigenvalue weighted by Gasteiger charge is -2.33. The molecule has 0 bridgehead atoms. The minimum Gasteiger partial charge on any atom is -0.454 e. The highest BCUT2D eigenvalue weighted by atomic mass is 32.1. The number of nitrogens with zero attached hydrogens (tertiary/aromatic N) is 3. The van der Waals surface area contributed by atoms with Gasteiger partial charge < -0.3 is 14.9 Å². The highest BCUT2D eigenvalue weighted by molar-refractivity contribution is 7.19. The monoisotopic (exact) mass is 582 g/mol. The quantitative estimate of drug-likeness (QED) is 0.198. The second-order valence-electron chi connectivity index (χ2n) is 11.5. The largest absolute Gasteiger partial charge is 0.454 e. The number of hydrogen-bond acceptors (Lipinski definition) is 2. The van der Waals surface area contributed by atoms with Crippen LogP contribution < -0.4 is 0 Å². The summed E-state index contributed by atoms with van der Waals surface area (Å²) in [5, 5.41) is 9.10. The lowest BCUT2D eigenvalue weighted by atomic mass is 9.98. The molecular formula is C40H28N3S-. The molecule has 2 unspecified atom stereocenters. The van der Waals surface area contributed by atoms with E-state index in [0.717, 1.165) is 34.6 Å². The van der Waals surface area contributed by atoms with Crippen LogP contribution in [-0.2, 0) is 0 Å². The third kappa shape index (κ3) is 4.06. The SMILES string of the molecule is C1=Cc2c(sc3ccccc23)C(n2c3ccccc3c3ccc(C4=NC(c5ccccc5)=CC(c5ccccc5)[N-]4)cc32)C1. The molecule has 0 saturated heterocycles. The van der Waals surface area contributed by atoms with Crippen LogP contribution in [0, 0.1) is 0 Å². The standard InChI is InChI=1S/C40H28N3S/c1-3-12-26(13-4-1)33-25-34(27-14-5-2-6-15-27)42-40(41-33)28-22-23-30-29-16-7-9-19-35(29)43(37(30)24-28)36-20-11-18-32-31-17-8-10-21-38(31)44-39(32)36/h1-19,21-25,33,36H,20H2/q-1. The molecule has 2 aliphatic rings. The van der Waals surface area contributed by atoms with Crippen LogP contribution in [0.4, 0.5) is 0 Å². The molecule has 7 aromatic rings. The van der Waals surface area contributed by atoms with Crippen molar-refractivity contribution in [2.75, 3.05) is 0 Å². The van der Waals surface area contributed by atoms with Crippen LogP contribution in [0.2, 0.25) is 0 Å². The summed E-state index contributed by atoms with van der Waals surface area (Å²) >= 11 is 1.93. The Bertz CT molecular complexity index is 2290. The Morgan fingerprint density at radius 2 is 1.41 bits per heavy atom. The molecule has 5 aromatic carbocycles. The van der Waals surface area contributed by atoms with Gasteiger partial charge in [-0.1, -0.05) is 133 Å². The van der Waals surface area contributed by atoms with Crippen LogP contribution in [-0.4, -0.2) is 10.4 Å². The van der Waals surface area contributed by atoms with Gasteiger partial charge in [-0.05, 0) is 52.6 Å². The Morgan fingerprint density at radius 3 is 2.27 bits per heavy atom. The second kappa shape index (κ2) is 10.2. The number of para-hydroxylation sites is 1. The molecule has 0 saturated carbocycles. The predicted molar refractivity (Wildman–Crippen MR) is 187 cm³/mol. The van der Waals surface area contributed by atoms with Crippen LogP contribution in [0.25, 0.3) is 49.0 Å². The predicted octanol–water partition coefficient (Wildman–Crippen LogP) is 10.9. The van der Waals surface area contributed by atoms with Crippen LogP contribution in [0.5, 0.6) is 0 Å². The van der Waals surface area contributed by atoms with Crippen molar-refractivity contribution in [3.05, 3.63) is 172 Å². The van der Waals surface area contributed by atoms with E-state index in [1.807, 2.05) is 17.4 Å². The fraction of sp³-hybridized carbons (Fsp3) is 0.0750. The highest BCUT2D eigenvalue weighted by Crippen LogP contribution is 2.45. The first-order valence-electron chi connectivity index (χ1n) is 15.1. The molecule has 0 amide bonds. The molecule has 9 rings (SSSR count). The van der Waals surface area contributed by atoms with Crippen LogP contribution in [0.15, 0.2) is 145 Å².